The normalized spacial score (nSPS) is 40.7. The molecule has 244 valence electrons. The van der Waals surface area contributed by atoms with Crippen molar-refractivity contribution in [2.75, 3.05) is 26.2 Å². The zero-order valence-corrected chi connectivity index (χ0v) is 30.3. The van der Waals surface area contributed by atoms with E-state index in [9.17, 15) is 0 Å². The van der Waals surface area contributed by atoms with Gasteiger partial charge in [-0.3, -0.25) is 0 Å². The first-order chi connectivity index (χ1) is 19.2. The van der Waals surface area contributed by atoms with Gasteiger partial charge in [0.1, 0.15) is 0 Å². The van der Waals surface area contributed by atoms with E-state index in [-0.39, 0.29) is 0 Å². The van der Waals surface area contributed by atoms with Crippen LogP contribution in [0.15, 0.2) is 0 Å². The molecule has 3 heteroatoms. The van der Waals surface area contributed by atoms with Crippen LogP contribution in [-0.4, -0.2) is 38.3 Å². The molecule has 0 amide bonds. The van der Waals surface area contributed by atoms with Crippen molar-refractivity contribution in [3.05, 3.63) is 0 Å². The van der Waals surface area contributed by atoms with Crippen LogP contribution in [0, 0.1) is 68.0 Å². The molecular weight excluding hydrogens is 510 g/mol. The predicted molar refractivity (Wildman–Crippen MR) is 182 cm³/mol. The number of hydrogen-bond donors (Lipinski definition) is 3. The Balaban J connectivity index is 0.000000112. The Morgan fingerprint density at radius 2 is 1.02 bits per heavy atom. The fourth-order valence-corrected chi connectivity index (χ4v) is 10.2. The highest BCUT2D eigenvalue weighted by molar-refractivity contribution is 5.12. The van der Waals surface area contributed by atoms with Crippen molar-refractivity contribution >= 4 is 0 Å². The number of rotatable bonds is 0. The third kappa shape index (κ3) is 6.99. The van der Waals surface area contributed by atoms with Crippen LogP contribution in [0.3, 0.4) is 0 Å². The lowest BCUT2D eigenvalue weighted by atomic mass is 9.37. The van der Waals surface area contributed by atoms with Gasteiger partial charge < -0.3 is 16.0 Å². The first kappa shape index (κ1) is 33.2. The number of piperidine rings is 2. The molecule has 9 fully saturated rings. The van der Waals surface area contributed by atoms with Gasteiger partial charge in [0.05, 0.1) is 0 Å². The minimum atomic E-state index is 0.531. The van der Waals surface area contributed by atoms with E-state index in [4.69, 9.17) is 0 Å². The van der Waals surface area contributed by atoms with Crippen LogP contribution in [0.5, 0.6) is 0 Å². The van der Waals surface area contributed by atoms with Crippen molar-refractivity contribution in [2.24, 2.45) is 68.0 Å². The van der Waals surface area contributed by atoms with Crippen LogP contribution in [0.1, 0.15) is 141 Å². The smallest absolute Gasteiger partial charge is 0.00730 e. The molecule has 9 rings (SSSR count). The topological polar surface area (TPSA) is 36.1 Å². The number of hydrogen-bond acceptors (Lipinski definition) is 3. The van der Waals surface area contributed by atoms with Gasteiger partial charge in [0, 0.05) is 25.2 Å². The minimum absolute atomic E-state index is 0.531. The third-order valence-electron chi connectivity index (χ3n) is 14.0. The SMILES string of the molecule is CC(C)(C)C12CC(C1)C2.CC(C)(C)C1C2CNCC21.CC(C)(C)C1CC2(CNC2)C1.CC(C)(C)C1CC2CCC(C1)N2. The van der Waals surface area contributed by atoms with Crippen molar-refractivity contribution in [1.29, 1.82) is 0 Å². The summed E-state index contributed by atoms with van der Waals surface area (Å²) in [4.78, 5) is 0. The summed E-state index contributed by atoms with van der Waals surface area (Å²) in [7, 11) is 0. The van der Waals surface area contributed by atoms with E-state index in [1.54, 1.807) is 0 Å². The van der Waals surface area contributed by atoms with E-state index in [0.29, 0.717) is 21.7 Å². The molecule has 4 unspecified atom stereocenters. The second kappa shape index (κ2) is 11.3. The Kier molecular flexibility index (Phi) is 8.94. The van der Waals surface area contributed by atoms with E-state index in [0.717, 1.165) is 58.4 Å². The van der Waals surface area contributed by atoms with Crippen LogP contribution in [0.4, 0.5) is 0 Å². The molecule has 0 aromatic heterocycles. The van der Waals surface area contributed by atoms with Gasteiger partial charge in [0.15, 0.2) is 0 Å². The molecule has 3 nitrogen and oxygen atoms in total. The van der Waals surface area contributed by atoms with Gasteiger partial charge in [-0.25, -0.2) is 0 Å². The fraction of sp³-hybridized carbons (Fsp3) is 1.00. The maximum atomic E-state index is 3.69. The second-order valence-electron chi connectivity index (χ2n) is 21.1. The monoisotopic (exact) mass is 584 g/mol. The van der Waals surface area contributed by atoms with Crippen molar-refractivity contribution < 1.29 is 0 Å². The van der Waals surface area contributed by atoms with Crippen LogP contribution >= 0.6 is 0 Å². The molecule has 4 aliphatic heterocycles. The molecule has 0 aromatic rings. The highest BCUT2D eigenvalue weighted by atomic mass is 15.0. The van der Waals surface area contributed by atoms with E-state index >= 15 is 0 Å². The molecule has 9 aliphatic rings. The van der Waals surface area contributed by atoms with E-state index in [1.165, 1.54) is 84.0 Å². The van der Waals surface area contributed by atoms with Gasteiger partial charge in [0.25, 0.3) is 0 Å². The highest BCUT2D eigenvalue weighted by Gasteiger charge is 2.62. The summed E-state index contributed by atoms with van der Waals surface area (Å²) in [6.07, 6.45) is 13.3. The summed E-state index contributed by atoms with van der Waals surface area (Å²) in [5.41, 5.74) is 3.82. The van der Waals surface area contributed by atoms with Gasteiger partial charge in [-0.05, 0) is 139 Å². The highest BCUT2D eigenvalue weighted by Crippen LogP contribution is 2.71. The minimum Gasteiger partial charge on any atom is -0.316 e. The van der Waals surface area contributed by atoms with E-state index in [2.05, 4.69) is 99.0 Å². The van der Waals surface area contributed by atoms with Crippen molar-refractivity contribution in [3.8, 4) is 0 Å². The first-order valence-electron chi connectivity index (χ1n) is 18.4. The maximum Gasteiger partial charge on any atom is 0.00730 e. The van der Waals surface area contributed by atoms with Crippen LogP contribution in [0.2, 0.25) is 0 Å². The number of fused-ring (bicyclic) bond motifs is 3. The van der Waals surface area contributed by atoms with Gasteiger partial charge >= 0.3 is 0 Å². The summed E-state index contributed by atoms with van der Waals surface area (Å²) >= 11 is 0. The summed E-state index contributed by atoms with van der Waals surface area (Å²) in [5.74, 6) is 6.17. The lowest BCUT2D eigenvalue weighted by Gasteiger charge is -2.68. The quantitative estimate of drug-likeness (QED) is 0.266. The lowest BCUT2D eigenvalue weighted by molar-refractivity contribution is -0.181. The molecule has 5 aliphatic carbocycles. The van der Waals surface area contributed by atoms with Crippen LogP contribution < -0.4 is 16.0 Å². The molecule has 0 aromatic carbocycles. The predicted octanol–water partition coefficient (Wildman–Crippen LogP) is 8.93. The Labute approximate surface area is 262 Å². The van der Waals surface area contributed by atoms with Crippen molar-refractivity contribution in [2.45, 2.75) is 153 Å². The molecule has 4 bridgehead atoms. The molecular formula is C39H73N3. The molecule has 4 saturated heterocycles. The Bertz CT molecular complexity index is 872. The van der Waals surface area contributed by atoms with E-state index in [1.807, 2.05) is 0 Å². The molecule has 1 spiro atoms. The van der Waals surface area contributed by atoms with Gasteiger partial charge in [-0.15, -0.1) is 0 Å². The van der Waals surface area contributed by atoms with Gasteiger partial charge in [0.2, 0.25) is 0 Å². The molecule has 5 saturated carbocycles. The van der Waals surface area contributed by atoms with Crippen LogP contribution in [-0.2, 0) is 0 Å². The average molecular weight is 584 g/mol. The summed E-state index contributed by atoms with van der Waals surface area (Å²) in [6.45, 7) is 33.7. The number of nitrogens with one attached hydrogen (secondary N) is 3. The largest absolute Gasteiger partial charge is 0.316 e. The average Bonchev–Trinajstić information content (AvgIpc) is 3.02. The summed E-state index contributed by atoms with van der Waals surface area (Å²) in [6, 6.07) is 1.71. The standard InChI is InChI=1S/C11H21N.C10H19N.C9H17N.C9H16/c1-11(2,3)8-6-9-4-5-10(7-8)12-9;1-9(2,3)8-4-10(5-8)6-11-7-10;1-9(2,3)8-6-4-10-5-7(6)8;1-8(2,3)9-4-7(5-9)6-9/h8-10,12H,4-7H2,1-3H3;8,11H,4-7H2,1-3H3;6-8,10H,4-5H2,1-3H3;7H,4-6H2,1-3H3. The van der Waals surface area contributed by atoms with Gasteiger partial charge in [-0.1, -0.05) is 83.1 Å². The third-order valence-corrected chi connectivity index (χ3v) is 14.0. The molecule has 4 atom stereocenters. The fourth-order valence-electron chi connectivity index (χ4n) is 10.2. The zero-order valence-electron chi connectivity index (χ0n) is 30.3. The summed E-state index contributed by atoms with van der Waals surface area (Å²) < 4.78 is 0. The first-order valence-corrected chi connectivity index (χ1v) is 18.4. The Hall–Kier alpha value is -0.120. The Morgan fingerprint density at radius 1 is 0.548 bits per heavy atom. The Morgan fingerprint density at radius 3 is 1.29 bits per heavy atom. The van der Waals surface area contributed by atoms with Crippen molar-refractivity contribution in [1.82, 2.24) is 16.0 Å². The molecule has 4 heterocycles. The molecule has 3 N–H and O–H groups in total. The zero-order chi connectivity index (χ0) is 30.9. The maximum absolute atomic E-state index is 3.69. The van der Waals surface area contributed by atoms with E-state index < -0.39 is 0 Å². The van der Waals surface area contributed by atoms with Crippen LogP contribution in [0.25, 0.3) is 0 Å². The second-order valence-corrected chi connectivity index (χ2v) is 21.1. The molecule has 42 heavy (non-hydrogen) atoms. The van der Waals surface area contributed by atoms with Gasteiger partial charge in [-0.2, -0.15) is 0 Å². The lowest BCUT2D eigenvalue weighted by Crippen LogP contribution is -2.61. The summed E-state index contributed by atoms with van der Waals surface area (Å²) in [5, 5.41) is 10.5. The van der Waals surface area contributed by atoms with Crippen molar-refractivity contribution in [3.63, 3.8) is 0 Å². The molecule has 0 radical (unpaired) electrons.